The third-order valence-corrected chi connectivity index (χ3v) is 1.24. The van der Waals surface area contributed by atoms with Gasteiger partial charge in [-0.25, -0.2) is 0 Å². The molecule has 0 fully saturated rings. The molecule has 9 heteroatoms. The van der Waals surface area contributed by atoms with Crippen molar-refractivity contribution in [2.45, 2.75) is 18.0 Å². The molecule has 0 bridgehead atoms. The molecule has 1 N–H and O–H groups in total. The summed E-state index contributed by atoms with van der Waals surface area (Å²) in [6.07, 6.45) is -6.44. The van der Waals surface area contributed by atoms with Crippen molar-refractivity contribution in [1.29, 1.82) is 5.41 Å². The van der Waals surface area contributed by atoms with E-state index in [0.29, 0.717) is 7.11 Å². The average molecular weight is 227 g/mol. The van der Waals surface area contributed by atoms with Crippen molar-refractivity contribution in [2.24, 2.45) is 0 Å². The Kier molecular flexibility index (Phi) is 3.04. The van der Waals surface area contributed by atoms with Crippen molar-refractivity contribution in [3.63, 3.8) is 0 Å². The summed E-state index contributed by atoms with van der Waals surface area (Å²) >= 11 is 0. The Morgan fingerprint density at radius 2 is 1.36 bits per heavy atom. The van der Waals surface area contributed by atoms with Gasteiger partial charge in [0.15, 0.2) is 0 Å². The molecular formula is C5H4F7NO. The first-order valence-corrected chi connectivity index (χ1v) is 2.94. The van der Waals surface area contributed by atoms with E-state index < -0.39 is 23.9 Å². The highest BCUT2D eigenvalue weighted by Gasteiger charge is 2.75. The number of rotatable bonds is 2. The van der Waals surface area contributed by atoms with Crippen LogP contribution in [0.4, 0.5) is 30.7 Å². The van der Waals surface area contributed by atoms with Gasteiger partial charge in [0.25, 0.3) is 5.90 Å². The van der Waals surface area contributed by atoms with Crippen molar-refractivity contribution in [2.75, 3.05) is 7.11 Å². The number of ether oxygens (including phenoxy) is 1. The number of methoxy groups -OCH3 is 1. The van der Waals surface area contributed by atoms with Gasteiger partial charge in [-0.05, 0) is 0 Å². The lowest BCUT2D eigenvalue weighted by atomic mass is 10.1. The van der Waals surface area contributed by atoms with Gasteiger partial charge < -0.3 is 4.74 Å². The second kappa shape index (κ2) is 3.28. The van der Waals surface area contributed by atoms with Crippen LogP contribution in [0.1, 0.15) is 0 Å². The number of hydrogen-bond acceptors (Lipinski definition) is 2. The first-order chi connectivity index (χ1) is 5.98. The fourth-order valence-electron chi connectivity index (χ4n) is 0.449. The molecule has 84 valence electrons. The van der Waals surface area contributed by atoms with E-state index in [0.717, 1.165) is 0 Å². The van der Waals surface area contributed by atoms with Gasteiger partial charge in [-0.1, -0.05) is 0 Å². The van der Waals surface area contributed by atoms with Gasteiger partial charge in [-0.2, -0.15) is 30.7 Å². The van der Waals surface area contributed by atoms with Gasteiger partial charge in [-0.15, -0.1) is 0 Å². The summed E-state index contributed by atoms with van der Waals surface area (Å²) in [4.78, 5) is 0. The highest BCUT2D eigenvalue weighted by molar-refractivity contribution is 5.81. The molecule has 0 aromatic carbocycles. The molecule has 0 saturated carbocycles. The van der Waals surface area contributed by atoms with E-state index in [1.54, 1.807) is 0 Å². The first kappa shape index (κ1) is 13.0. The van der Waals surface area contributed by atoms with Crippen molar-refractivity contribution < 1.29 is 35.5 Å². The van der Waals surface area contributed by atoms with Crippen LogP contribution in [0.5, 0.6) is 0 Å². The van der Waals surface area contributed by atoms with Crippen LogP contribution in [0.25, 0.3) is 0 Å². The van der Waals surface area contributed by atoms with Gasteiger partial charge in [0, 0.05) is 0 Å². The van der Waals surface area contributed by atoms with Crippen LogP contribution >= 0.6 is 0 Å². The van der Waals surface area contributed by atoms with E-state index in [-0.39, 0.29) is 0 Å². The first-order valence-electron chi connectivity index (χ1n) is 2.94. The lowest BCUT2D eigenvalue weighted by molar-refractivity contribution is -0.339. The lowest BCUT2D eigenvalue weighted by Crippen LogP contribution is -2.56. The molecular weight excluding hydrogens is 223 g/mol. The molecule has 0 amide bonds. The van der Waals surface area contributed by atoms with Gasteiger partial charge in [0.1, 0.15) is 0 Å². The molecule has 0 rings (SSSR count). The largest absolute Gasteiger partial charge is 0.480 e. The van der Waals surface area contributed by atoms with Gasteiger partial charge in [0.2, 0.25) is 0 Å². The van der Waals surface area contributed by atoms with E-state index in [9.17, 15) is 30.7 Å². The van der Waals surface area contributed by atoms with E-state index in [4.69, 9.17) is 5.41 Å². The van der Waals surface area contributed by atoms with Crippen molar-refractivity contribution in [1.82, 2.24) is 0 Å². The van der Waals surface area contributed by atoms with Crippen LogP contribution in [-0.4, -0.2) is 31.0 Å². The lowest BCUT2D eigenvalue weighted by Gasteiger charge is -2.27. The molecule has 0 heterocycles. The molecule has 0 saturated heterocycles. The summed E-state index contributed by atoms with van der Waals surface area (Å²) in [6, 6.07) is 0. The zero-order chi connectivity index (χ0) is 11.8. The molecule has 0 atom stereocenters. The molecule has 0 aliphatic rings. The summed E-state index contributed by atoms with van der Waals surface area (Å²) in [5, 5.41) is 6.12. The van der Waals surface area contributed by atoms with Gasteiger partial charge in [0.05, 0.1) is 7.11 Å². The minimum atomic E-state index is -6.44. The van der Waals surface area contributed by atoms with Crippen LogP contribution in [0, 0.1) is 5.41 Å². The van der Waals surface area contributed by atoms with E-state index in [1.165, 1.54) is 0 Å². The molecule has 2 nitrogen and oxygen atoms in total. The third kappa shape index (κ3) is 1.75. The Morgan fingerprint density at radius 1 is 1.00 bits per heavy atom. The van der Waals surface area contributed by atoms with Crippen molar-refractivity contribution in [3.05, 3.63) is 0 Å². The molecule has 0 aromatic rings. The number of halogens is 7. The summed E-state index contributed by atoms with van der Waals surface area (Å²) < 4.78 is 86.3. The van der Waals surface area contributed by atoms with Crippen LogP contribution in [-0.2, 0) is 4.74 Å². The van der Waals surface area contributed by atoms with Crippen molar-refractivity contribution >= 4 is 5.90 Å². The molecule has 0 aliphatic heterocycles. The molecule has 14 heavy (non-hydrogen) atoms. The molecule has 0 spiro atoms. The zero-order valence-corrected chi connectivity index (χ0v) is 6.55. The maximum atomic E-state index is 12.3. The highest BCUT2D eigenvalue weighted by Crippen LogP contribution is 2.46. The highest BCUT2D eigenvalue weighted by atomic mass is 19.4. The van der Waals surface area contributed by atoms with Gasteiger partial charge >= 0.3 is 18.0 Å². The normalized spacial score (nSPS) is 14.0. The summed E-state index contributed by atoms with van der Waals surface area (Å²) in [5.74, 6) is -14.5. The summed E-state index contributed by atoms with van der Waals surface area (Å²) in [5.41, 5.74) is 0. The Hall–Kier alpha value is -1.02. The van der Waals surface area contributed by atoms with E-state index in [2.05, 4.69) is 4.74 Å². The van der Waals surface area contributed by atoms with Crippen LogP contribution < -0.4 is 0 Å². The Morgan fingerprint density at radius 3 is 1.57 bits per heavy atom. The predicted molar refractivity (Wildman–Crippen MR) is 30.7 cm³/mol. The zero-order valence-electron chi connectivity index (χ0n) is 6.55. The average Bonchev–Trinajstić information content (AvgIpc) is 2.00. The van der Waals surface area contributed by atoms with Crippen LogP contribution in [0.3, 0.4) is 0 Å². The second-order valence-electron chi connectivity index (χ2n) is 2.18. The maximum Gasteiger partial charge on any atom is 0.460 e. The fourth-order valence-corrected chi connectivity index (χ4v) is 0.449. The summed E-state index contributed by atoms with van der Waals surface area (Å²) in [6.45, 7) is 0. The minimum absolute atomic E-state index is 0.392. The minimum Gasteiger partial charge on any atom is -0.480 e. The Bertz CT molecular complexity index is 233. The van der Waals surface area contributed by atoms with Crippen molar-refractivity contribution in [3.8, 4) is 0 Å². The Balaban J connectivity index is 5.18. The monoisotopic (exact) mass is 227 g/mol. The third-order valence-electron chi connectivity index (χ3n) is 1.24. The van der Waals surface area contributed by atoms with Crippen LogP contribution in [0.15, 0.2) is 0 Å². The second-order valence-corrected chi connectivity index (χ2v) is 2.18. The summed E-state index contributed by atoms with van der Waals surface area (Å²) in [7, 11) is 0.392. The SMILES string of the molecule is COC(=N)C(F)(F)C(F)(F)C(F)(F)F. The molecule has 0 aromatic heterocycles. The van der Waals surface area contributed by atoms with E-state index in [1.807, 2.05) is 0 Å². The predicted octanol–water partition coefficient (Wildman–Crippen LogP) is 2.44. The van der Waals surface area contributed by atoms with Gasteiger partial charge in [-0.3, -0.25) is 5.41 Å². The quantitative estimate of drug-likeness (QED) is 0.438. The number of alkyl halides is 7. The number of nitrogens with one attached hydrogen (secondary N) is 1. The smallest absolute Gasteiger partial charge is 0.460 e. The standard InChI is InChI=1S/C5H4F7NO/c1-14-2(13)3(6,7)4(8,9)5(10,11)12/h13H,1H3. The topological polar surface area (TPSA) is 33.1 Å². The maximum absolute atomic E-state index is 12.3. The molecule has 0 unspecified atom stereocenters. The molecule has 0 radical (unpaired) electrons. The van der Waals surface area contributed by atoms with Crippen LogP contribution in [0.2, 0.25) is 0 Å². The molecule has 0 aliphatic carbocycles. The number of hydrogen-bond donors (Lipinski definition) is 1. The fraction of sp³-hybridized carbons (Fsp3) is 0.800. The Labute approximate surface area is 73.2 Å². The van der Waals surface area contributed by atoms with E-state index >= 15 is 0 Å².